The maximum Gasteiger partial charge on any atom is 0.493 e. The molecule has 1 N–H and O–H groups in total. The van der Waals surface area contributed by atoms with Crippen molar-refractivity contribution in [2.24, 2.45) is 0 Å². The third kappa shape index (κ3) is 8.28. The molecule has 11 heteroatoms. The van der Waals surface area contributed by atoms with E-state index < -0.39 is 30.1 Å². The van der Waals surface area contributed by atoms with Crippen LogP contribution in [-0.4, -0.2) is 85.2 Å². The van der Waals surface area contributed by atoms with Gasteiger partial charge < -0.3 is 24.4 Å². The number of esters is 1. The number of aliphatic hydroxyl groups is 1. The predicted octanol–water partition coefficient (Wildman–Crippen LogP) is 4.27. The first-order chi connectivity index (χ1) is 16.6. The summed E-state index contributed by atoms with van der Waals surface area (Å²) in [7, 11) is 0. The minimum absolute atomic E-state index is 0.0303. The van der Waals surface area contributed by atoms with Crippen LogP contribution in [0.2, 0.25) is 0 Å². The minimum Gasteiger partial charge on any atom is -0.491 e. The topological polar surface area (TPSA) is 82.6 Å². The summed E-state index contributed by atoms with van der Waals surface area (Å²) < 4.78 is 53.2. The Morgan fingerprint density at radius 3 is 2.49 bits per heavy atom. The van der Waals surface area contributed by atoms with E-state index >= 15 is 0 Å². The van der Waals surface area contributed by atoms with Gasteiger partial charge in [0.05, 0.1) is 24.0 Å². The molecule has 1 saturated heterocycles. The molecule has 0 bridgehead atoms. The number of nitrogens with zero attached hydrogens (tertiary/aromatic N) is 3. The molecule has 1 fully saturated rings. The molecule has 35 heavy (non-hydrogen) atoms. The second-order valence-electron chi connectivity index (χ2n) is 8.38. The van der Waals surface area contributed by atoms with Gasteiger partial charge in [0.15, 0.2) is 0 Å². The molecule has 0 spiro atoms. The monoisotopic (exact) mass is 503 g/mol. The Labute approximate surface area is 204 Å². The van der Waals surface area contributed by atoms with Crippen molar-refractivity contribution in [1.82, 2.24) is 9.80 Å². The number of likely N-dealkylation sites (tertiary alicyclic amines) is 1. The number of rotatable bonds is 11. The molecular formula is C24H36F3N3O5. The van der Waals surface area contributed by atoms with Crippen molar-refractivity contribution in [3.63, 3.8) is 0 Å². The van der Waals surface area contributed by atoms with Gasteiger partial charge in [0.25, 0.3) is 0 Å². The van der Waals surface area contributed by atoms with Crippen molar-refractivity contribution < 1.29 is 37.3 Å². The lowest BCUT2D eigenvalue weighted by Gasteiger charge is -2.36. The van der Waals surface area contributed by atoms with E-state index in [1.807, 2.05) is 20.8 Å². The summed E-state index contributed by atoms with van der Waals surface area (Å²) in [6.07, 6.45) is -3.78. The number of likely N-dealkylation sites (N-methyl/N-ethyl adjacent to an activating group) is 1. The summed E-state index contributed by atoms with van der Waals surface area (Å²) in [5, 5.41) is 9.84. The van der Waals surface area contributed by atoms with Crippen LogP contribution in [0.5, 0.6) is 5.75 Å². The number of unbranched alkanes of at least 4 members (excludes halogenated alkanes) is 1. The van der Waals surface area contributed by atoms with E-state index in [0.29, 0.717) is 25.8 Å². The normalized spacial score (nSPS) is 16.3. The molecule has 0 aliphatic carbocycles. The highest BCUT2D eigenvalue weighted by Crippen LogP contribution is 2.38. The standard InChI is InChI=1S/C24H36F3N3O5/c1-4-7-14-34-21-16-18(22(32)35-15-13-28(5-2)6-3)10-11-20(21)30(24(25,26)27)23(33)29-12-8-9-19(31)17-29/h10-11,16,19,31H,4-9,12-15,17H2,1-3H3. The van der Waals surface area contributed by atoms with E-state index in [1.54, 1.807) is 0 Å². The number of carbonyl (C=O) groups excluding carboxylic acids is 2. The number of benzene rings is 1. The summed E-state index contributed by atoms with van der Waals surface area (Å²) in [6.45, 7) is 8.19. The highest BCUT2D eigenvalue weighted by atomic mass is 19.4. The number of piperidine rings is 1. The average Bonchev–Trinajstić information content (AvgIpc) is 2.82. The number of urea groups is 1. The third-order valence-corrected chi connectivity index (χ3v) is 5.84. The third-order valence-electron chi connectivity index (χ3n) is 5.84. The number of anilines is 1. The van der Waals surface area contributed by atoms with E-state index in [9.17, 15) is 27.9 Å². The Kier molecular flexibility index (Phi) is 11.1. The second kappa shape index (κ2) is 13.5. The van der Waals surface area contributed by atoms with Crippen LogP contribution in [0, 0.1) is 0 Å². The van der Waals surface area contributed by atoms with Crippen molar-refractivity contribution in [2.75, 3.05) is 50.8 Å². The quantitative estimate of drug-likeness (QED) is 0.276. The smallest absolute Gasteiger partial charge is 0.491 e. The molecule has 0 saturated carbocycles. The summed E-state index contributed by atoms with van der Waals surface area (Å²) in [6, 6.07) is 2.13. The first-order valence-corrected chi connectivity index (χ1v) is 12.1. The predicted molar refractivity (Wildman–Crippen MR) is 126 cm³/mol. The van der Waals surface area contributed by atoms with Crippen LogP contribution in [0.25, 0.3) is 0 Å². The van der Waals surface area contributed by atoms with Crippen LogP contribution < -0.4 is 9.64 Å². The van der Waals surface area contributed by atoms with E-state index in [0.717, 1.165) is 30.5 Å². The molecule has 1 atom stereocenters. The van der Waals surface area contributed by atoms with E-state index in [2.05, 4.69) is 4.90 Å². The minimum atomic E-state index is -5.05. The van der Waals surface area contributed by atoms with Crippen molar-refractivity contribution in [2.45, 2.75) is 58.9 Å². The van der Waals surface area contributed by atoms with Crippen LogP contribution in [-0.2, 0) is 4.74 Å². The number of halogens is 3. The van der Waals surface area contributed by atoms with Crippen molar-refractivity contribution in [1.29, 1.82) is 0 Å². The van der Waals surface area contributed by atoms with Gasteiger partial charge in [-0.2, -0.15) is 4.90 Å². The lowest BCUT2D eigenvalue weighted by Crippen LogP contribution is -2.53. The molecule has 1 aromatic rings. The van der Waals surface area contributed by atoms with Crippen LogP contribution >= 0.6 is 0 Å². The average molecular weight is 504 g/mol. The molecule has 1 aliphatic rings. The zero-order valence-electron chi connectivity index (χ0n) is 20.6. The van der Waals surface area contributed by atoms with Gasteiger partial charge in [-0.05, 0) is 50.6 Å². The number of ether oxygens (including phenoxy) is 2. The maximum atomic E-state index is 14.1. The molecule has 1 aromatic carbocycles. The molecule has 2 amide bonds. The molecule has 1 heterocycles. The fraction of sp³-hybridized carbons (Fsp3) is 0.667. The molecule has 2 rings (SSSR count). The highest BCUT2D eigenvalue weighted by molar-refractivity contribution is 5.96. The maximum absolute atomic E-state index is 14.1. The lowest BCUT2D eigenvalue weighted by atomic mass is 10.1. The van der Waals surface area contributed by atoms with Gasteiger partial charge in [-0.25, -0.2) is 9.59 Å². The molecule has 8 nitrogen and oxygen atoms in total. The van der Waals surface area contributed by atoms with Gasteiger partial charge in [0, 0.05) is 19.6 Å². The Hall–Kier alpha value is -2.53. The van der Waals surface area contributed by atoms with Crippen molar-refractivity contribution in [3.8, 4) is 5.75 Å². The molecule has 1 unspecified atom stereocenters. The summed E-state index contributed by atoms with van der Waals surface area (Å²) in [5.41, 5.74) is -0.485. The fourth-order valence-electron chi connectivity index (χ4n) is 3.78. The second-order valence-corrected chi connectivity index (χ2v) is 8.38. The van der Waals surface area contributed by atoms with E-state index in [4.69, 9.17) is 9.47 Å². The van der Waals surface area contributed by atoms with Crippen LogP contribution in [0.4, 0.5) is 23.7 Å². The number of carbonyl (C=O) groups is 2. The number of β-amino-alcohol motifs (C(OH)–C–C–N with tert-alkyl or cyclic N) is 1. The van der Waals surface area contributed by atoms with Crippen LogP contribution in [0.15, 0.2) is 18.2 Å². The zero-order valence-corrected chi connectivity index (χ0v) is 20.6. The molecule has 0 radical (unpaired) electrons. The largest absolute Gasteiger partial charge is 0.493 e. The summed E-state index contributed by atoms with van der Waals surface area (Å²) in [5.74, 6) is -0.923. The molecule has 0 aromatic heterocycles. The SMILES string of the molecule is CCCCOc1cc(C(=O)OCCN(CC)CC)ccc1N(C(=O)N1CCCC(O)C1)C(F)(F)F. The molecule has 198 valence electrons. The number of aliphatic hydroxyl groups excluding tert-OH is 1. The highest BCUT2D eigenvalue weighted by Gasteiger charge is 2.46. The van der Waals surface area contributed by atoms with Gasteiger partial charge in [-0.1, -0.05) is 27.2 Å². The summed E-state index contributed by atoms with van der Waals surface area (Å²) in [4.78, 5) is 28.2. The Morgan fingerprint density at radius 1 is 1.17 bits per heavy atom. The van der Waals surface area contributed by atoms with Gasteiger partial charge in [-0.3, -0.25) is 0 Å². The first-order valence-electron chi connectivity index (χ1n) is 12.1. The van der Waals surface area contributed by atoms with E-state index in [-0.39, 0.29) is 42.5 Å². The molecule has 1 aliphatic heterocycles. The van der Waals surface area contributed by atoms with Crippen LogP contribution in [0.3, 0.4) is 0 Å². The molecular weight excluding hydrogens is 467 g/mol. The Balaban J connectivity index is 2.32. The van der Waals surface area contributed by atoms with Crippen molar-refractivity contribution >= 4 is 17.7 Å². The first kappa shape index (κ1) is 28.7. The Bertz CT molecular complexity index is 833. The van der Waals surface area contributed by atoms with E-state index in [1.165, 1.54) is 12.1 Å². The van der Waals surface area contributed by atoms with Gasteiger partial charge in [-0.15, -0.1) is 13.2 Å². The number of hydrogen-bond acceptors (Lipinski definition) is 6. The number of hydrogen-bond donors (Lipinski definition) is 1. The number of alkyl halides is 3. The van der Waals surface area contributed by atoms with Gasteiger partial charge in [0.2, 0.25) is 0 Å². The van der Waals surface area contributed by atoms with Gasteiger partial charge in [0.1, 0.15) is 12.4 Å². The summed E-state index contributed by atoms with van der Waals surface area (Å²) >= 11 is 0. The number of amides is 2. The Morgan fingerprint density at radius 2 is 1.89 bits per heavy atom. The fourth-order valence-corrected chi connectivity index (χ4v) is 3.78. The van der Waals surface area contributed by atoms with Crippen molar-refractivity contribution in [3.05, 3.63) is 23.8 Å². The van der Waals surface area contributed by atoms with Crippen LogP contribution in [0.1, 0.15) is 56.8 Å². The van der Waals surface area contributed by atoms with Gasteiger partial charge >= 0.3 is 18.3 Å². The zero-order chi connectivity index (χ0) is 26.0. The lowest BCUT2D eigenvalue weighted by molar-refractivity contribution is -0.123.